The molecule has 0 aliphatic carbocycles. The number of nitrogens with zero attached hydrogens (tertiary/aromatic N) is 2. The van der Waals surface area contributed by atoms with Crippen molar-refractivity contribution in [3.8, 4) is 5.69 Å². The van der Waals surface area contributed by atoms with Gasteiger partial charge in [0.2, 0.25) is 0 Å². The van der Waals surface area contributed by atoms with E-state index in [1.165, 1.54) is 0 Å². The maximum atomic E-state index is 12.4. The summed E-state index contributed by atoms with van der Waals surface area (Å²) in [6.07, 6.45) is 5.24. The number of hydrogen-bond donors (Lipinski definition) is 0. The van der Waals surface area contributed by atoms with Crippen LogP contribution in [0.15, 0.2) is 47.7 Å². The molecule has 0 N–H and O–H groups in total. The van der Waals surface area contributed by atoms with E-state index in [-0.39, 0.29) is 8.99 Å². The fourth-order valence-electron chi connectivity index (χ4n) is 1.70. The van der Waals surface area contributed by atoms with Crippen LogP contribution in [0, 0.1) is 0 Å². The molecule has 2 aromatic rings. The van der Waals surface area contributed by atoms with E-state index < -0.39 is 21.1 Å². The van der Waals surface area contributed by atoms with E-state index in [2.05, 4.69) is 25.8 Å². The second-order valence-electron chi connectivity index (χ2n) is 5.18. The quantitative estimate of drug-likeness (QED) is 0.777. The first-order valence-electron chi connectivity index (χ1n) is 5.88. The third-order valence-electron chi connectivity index (χ3n) is 2.40. The van der Waals surface area contributed by atoms with Gasteiger partial charge < -0.3 is 0 Å². The van der Waals surface area contributed by atoms with Crippen LogP contribution >= 0.6 is 0 Å². The molecule has 0 fully saturated rings. The predicted octanol–water partition coefficient (Wildman–Crippen LogP) is 1.78. The molecule has 0 saturated carbocycles. The van der Waals surface area contributed by atoms with Gasteiger partial charge in [0.1, 0.15) is 0 Å². The van der Waals surface area contributed by atoms with Crippen molar-refractivity contribution in [3.63, 3.8) is 0 Å². The van der Waals surface area contributed by atoms with Gasteiger partial charge >= 0.3 is 117 Å². The summed E-state index contributed by atoms with van der Waals surface area (Å²) in [4.78, 5) is 16.4. The molecule has 18 heavy (non-hydrogen) atoms. The molecule has 0 aliphatic heterocycles. The van der Waals surface area contributed by atoms with Gasteiger partial charge in [0.25, 0.3) is 0 Å². The zero-order valence-electron chi connectivity index (χ0n) is 10.8. The number of pyridine rings is 2. The van der Waals surface area contributed by atoms with Crippen molar-refractivity contribution in [1.29, 1.82) is 0 Å². The van der Waals surface area contributed by atoms with E-state index >= 15 is 0 Å². The molecule has 0 saturated heterocycles. The fraction of sp³-hybridized carbons (Fsp3) is 0.286. The molecular formula is C14H16N2OSn. The molecule has 2 aromatic heterocycles. The summed E-state index contributed by atoms with van der Waals surface area (Å²) in [5, 5.41) is 0. The molecule has 0 unspecified atom stereocenters. The van der Waals surface area contributed by atoms with Crippen LogP contribution in [0.4, 0.5) is 0 Å². The Balaban J connectivity index is 2.46. The monoisotopic (exact) mass is 348 g/mol. The Morgan fingerprint density at radius 3 is 2.44 bits per heavy atom. The molecule has 0 atom stereocenters. The molecular weight excluding hydrogens is 331 g/mol. The van der Waals surface area contributed by atoms with Crippen molar-refractivity contribution in [1.82, 2.24) is 9.55 Å². The zero-order chi connectivity index (χ0) is 13.2. The Kier molecular flexibility index (Phi) is 3.90. The molecule has 2 radical (unpaired) electrons. The minimum atomic E-state index is -0.880. The SMILES string of the molecule is C[C](C)(C)[Sn][c]1cccn(-c2ccncc2)c1=O. The van der Waals surface area contributed by atoms with Gasteiger partial charge in [-0.05, 0) is 0 Å². The van der Waals surface area contributed by atoms with E-state index in [1.54, 1.807) is 17.0 Å². The van der Waals surface area contributed by atoms with Crippen LogP contribution in [-0.4, -0.2) is 30.7 Å². The minimum absolute atomic E-state index is 0.130. The van der Waals surface area contributed by atoms with Crippen LogP contribution < -0.4 is 9.14 Å². The third kappa shape index (κ3) is 3.22. The zero-order valence-corrected chi connectivity index (χ0v) is 13.7. The average molecular weight is 347 g/mol. The summed E-state index contributed by atoms with van der Waals surface area (Å²) in [6.45, 7) is 6.63. The Morgan fingerprint density at radius 2 is 1.83 bits per heavy atom. The third-order valence-corrected chi connectivity index (χ3v) is 6.39. The fourth-order valence-corrected chi connectivity index (χ4v) is 5.17. The second-order valence-corrected chi connectivity index (χ2v) is 11.7. The summed E-state index contributed by atoms with van der Waals surface area (Å²) in [5.41, 5.74) is 1.01. The Bertz CT molecular complexity index is 585. The van der Waals surface area contributed by atoms with Gasteiger partial charge in [0.15, 0.2) is 0 Å². The standard InChI is InChI=1S/C10H7N2O.C4H9.Sn/c13-10-3-1-2-8-12(10)9-4-6-11-7-5-9;1-4(2)3;/h1-2,4-8H;1-3H3;. The number of aromatic nitrogens is 2. The summed E-state index contributed by atoms with van der Waals surface area (Å²) in [7, 11) is 0. The van der Waals surface area contributed by atoms with Crippen LogP contribution in [0.3, 0.4) is 0 Å². The summed E-state index contributed by atoms with van der Waals surface area (Å²) >= 11 is -0.880. The Morgan fingerprint density at radius 1 is 1.17 bits per heavy atom. The Hall–Kier alpha value is -1.10. The summed E-state index contributed by atoms with van der Waals surface area (Å²) in [5.74, 6) is 0. The molecule has 4 heteroatoms. The van der Waals surface area contributed by atoms with Gasteiger partial charge in [-0.25, -0.2) is 0 Å². The van der Waals surface area contributed by atoms with E-state index in [1.807, 2.05) is 30.5 Å². The normalized spacial score (nSPS) is 11.5. The van der Waals surface area contributed by atoms with Crippen LogP contribution in [0.1, 0.15) is 20.8 Å². The van der Waals surface area contributed by atoms with Crippen molar-refractivity contribution >= 4 is 24.7 Å². The van der Waals surface area contributed by atoms with Crippen molar-refractivity contribution in [2.24, 2.45) is 0 Å². The van der Waals surface area contributed by atoms with Crippen LogP contribution in [0.2, 0.25) is 3.43 Å². The van der Waals surface area contributed by atoms with Crippen molar-refractivity contribution in [2.45, 2.75) is 24.2 Å². The predicted molar refractivity (Wildman–Crippen MR) is 74.9 cm³/mol. The molecule has 0 aliphatic rings. The first-order chi connectivity index (χ1) is 8.47. The van der Waals surface area contributed by atoms with Gasteiger partial charge in [-0.2, -0.15) is 0 Å². The molecule has 3 nitrogen and oxygen atoms in total. The van der Waals surface area contributed by atoms with Gasteiger partial charge in [-0.3, -0.25) is 0 Å². The molecule has 92 valence electrons. The van der Waals surface area contributed by atoms with Crippen molar-refractivity contribution in [3.05, 3.63) is 53.2 Å². The summed E-state index contributed by atoms with van der Waals surface area (Å²) in [6, 6.07) is 7.65. The topological polar surface area (TPSA) is 34.9 Å². The molecule has 2 heterocycles. The molecule has 0 bridgehead atoms. The van der Waals surface area contributed by atoms with Crippen LogP contribution in [0.25, 0.3) is 5.69 Å². The van der Waals surface area contributed by atoms with Gasteiger partial charge in [-0.1, -0.05) is 0 Å². The first kappa shape index (κ1) is 13.3. The second kappa shape index (κ2) is 5.26. The average Bonchev–Trinajstić information content (AvgIpc) is 2.31. The first-order valence-corrected chi connectivity index (χ1v) is 8.73. The van der Waals surface area contributed by atoms with Crippen LogP contribution in [0.5, 0.6) is 0 Å². The van der Waals surface area contributed by atoms with E-state index in [9.17, 15) is 4.79 Å². The van der Waals surface area contributed by atoms with Crippen molar-refractivity contribution in [2.75, 3.05) is 0 Å². The molecule has 0 spiro atoms. The van der Waals surface area contributed by atoms with E-state index in [0.29, 0.717) is 0 Å². The molecule has 2 rings (SSSR count). The molecule has 0 amide bonds. The number of rotatable bonds is 2. The summed E-state index contributed by atoms with van der Waals surface area (Å²) < 4.78 is 3.01. The van der Waals surface area contributed by atoms with Crippen molar-refractivity contribution < 1.29 is 0 Å². The Labute approximate surface area is 117 Å². The van der Waals surface area contributed by atoms with Gasteiger partial charge in [0.05, 0.1) is 0 Å². The van der Waals surface area contributed by atoms with Crippen LogP contribution in [-0.2, 0) is 0 Å². The van der Waals surface area contributed by atoms with Gasteiger partial charge in [0, 0.05) is 0 Å². The molecule has 0 aromatic carbocycles. The maximum absolute atomic E-state index is 12.4. The van der Waals surface area contributed by atoms with Gasteiger partial charge in [-0.15, -0.1) is 0 Å². The number of hydrogen-bond acceptors (Lipinski definition) is 2. The van der Waals surface area contributed by atoms with E-state index in [0.717, 1.165) is 9.27 Å². The van der Waals surface area contributed by atoms with E-state index in [4.69, 9.17) is 0 Å².